The van der Waals surface area contributed by atoms with Gasteiger partial charge in [-0.1, -0.05) is 12.1 Å². The summed E-state index contributed by atoms with van der Waals surface area (Å²) < 4.78 is 0. The molecule has 4 rings (SSSR count). The predicted octanol–water partition coefficient (Wildman–Crippen LogP) is 3.76. The first kappa shape index (κ1) is 17.9. The van der Waals surface area contributed by atoms with Gasteiger partial charge in [-0.25, -0.2) is 0 Å². The van der Waals surface area contributed by atoms with Crippen LogP contribution >= 0.6 is 0 Å². The summed E-state index contributed by atoms with van der Waals surface area (Å²) in [6.07, 6.45) is 13.1. The first-order chi connectivity index (χ1) is 13.2. The number of aromatic nitrogens is 1. The molecule has 0 radical (unpaired) electrons. The number of hydrogen-bond donors (Lipinski definition) is 0. The zero-order valence-electron chi connectivity index (χ0n) is 16.2. The van der Waals surface area contributed by atoms with E-state index in [0.717, 1.165) is 25.2 Å². The molecule has 1 saturated heterocycles. The summed E-state index contributed by atoms with van der Waals surface area (Å²) in [5.41, 5.74) is 3.70. The number of likely N-dealkylation sites (N-methyl/N-ethyl adjacent to an activating group) is 1. The molecule has 0 amide bonds. The highest BCUT2D eigenvalue weighted by Crippen LogP contribution is 2.37. The van der Waals surface area contributed by atoms with Gasteiger partial charge in [-0.05, 0) is 57.0 Å². The van der Waals surface area contributed by atoms with E-state index < -0.39 is 0 Å². The number of hydrogen-bond acceptors (Lipinski definition) is 5. The number of allylic oxidation sites excluding steroid dienone is 3. The molecule has 3 aliphatic heterocycles. The number of aryl methyl sites for hydroxylation is 1. The van der Waals surface area contributed by atoms with Gasteiger partial charge in [-0.2, -0.15) is 5.26 Å². The largest absolute Gasteiger partial charge is 0.328 e. The maximum absolute atomic E-state index is 8.93. The lowest BCUT2D eigenvalue weighted by Crippen LogP contribution is -2.47. The Bertz CT molecular complexity index is 831. The molecule has 0 saturated carbocycles. The number of piperidine rings is 1. The number of fused-ring (bicyclic) bond motifs is 1. The van der Waals surface area contributed by atoms with Gasteiger partial charge >= 0.3 is 0 Å². The molecule has 3 aliphatic rings. The fourth-order valence-electron chi connectivity index (χ4n) is 4.70. The van der Waals surface area contributed by atoms with E-state index in [2.05, 4.69) is 54.1 Å². The van der Waals surface area contributed by atoms with Gasteiger partial charge in [0.25, 0.3) is 0 Å². The lowest BCUT2D eigenvalue weighted by Gasteiger charge is -2.41. The van der Waals surface area contributed by atoms with Crippen molar-refractivity contribution >= 4 is 5.84 Å². The van der Waals surface area contributed by atoms with Gasteiger partial charge in [0.05, 0.1) is 23.8 Å². The zero-order chi connectivity index (χ0) is 18.8. The number of aliphatic imine (C=N–C) groups is 1. The number of rotatable bonds is 4. The van der Waals surface area contributed by atoms with Crippen LogP contribution < -0.4 is 0 Å². The molecular weight excluding hydrogens is 334 g/mol. The molecule has 5 heteroatoms. The van der Waals surface area contributed by atoms with Crippen LogP contribution in [-0.4, -0.2) is 46.3 Å². The second-order valence-electron chi connectivity index (χ2n) is 7.73. The van der Waals surface area contributed by atoms with Crippen LogP contribution in [0.4, 0.5) is 0 Å². The van der Waals surface area contributed by atoms with Crippen LogP contribution in [0.5, 0.6) is 0 Å². The lowest BCUT2D eigenvalue weighted by atomic mass is 9.89. The van der Waals surface area contributed by atoms with Crippen LogP contribution in [-0.2, 0) is 0 Å². The van der Waals surface area contributed by atoms with Crippen molar-refractivity contribution in [2.75, 3.05) is 13.6 Å². The topological polar surface area (TPSA) is 55.5 Å². The van der Waals surface area contributed by atoms with Crippen LogP contribution in [0, 0.1) is 18.3 Å². The normalized spacial score (nSPS) is 27.7. The van der Waals surface area contributed by atoms with Crippen molar-refractivity contribution in [2.45, 2.75) is 57.2 Å². The number of amidine groups is 1. The molecule has 27 heavy (non-hydrogen) atoms. The van der Waals surface area contributed by atoms with Crippen molar-refractivity contribution in [3.05, 3.63) is 53.5 Å². The fraction of sp³-hybridized carbons (Fsp3) is 0.500. The number of nitriles is 1. The number of pyridine rings is 1. The van der Waals surface area contributed by atoms with Gasteiger partial charge in [0.1, 0.15) is 5.84 Å². The highest BCUT2D eigenvalue weighted by Gasteiger charge is 2.39. The summed E-state index contributed by atoms with van der Waals surface area (Å²) in [4.78, 5) is 14.6. The average molecular weight is 361 g/mol. The summed E-state index contributed by atoms with van der Waals surface area (Å²) >= 11 is 0. The first-order valence-electron chi connectivity index (χ1n) is 9.92. The van der Waals surface area contributed by atoms with Crippen LogP contribution in [0.15, 0.2) is 47.2 Å². The molecule has 0 aliphatic carbocycles. The van der Waals surface area contributed by atoms with E-state index >= 15 is 0 Å². The van der Waals surface area contributed by atoms with Gasteiger partial charge in [-0.3, -0.25) is 14.9 Å². The second kappa shape index (κ2) is 7.66. The third-order valence-corrected chi connectivity index (χ3v) is 6.12. The highest BCUT2D eigenvalue weighted by atomic mass is 15.3. The minimum absolute atomic E-state index is 0.269. The van der Waals surface area contributed by atoms with E-state index in [0.29, 0.717) is 18.5 Å². The Morgan fingerprint density at radius 2 is 2.22 bits per heavy atom. The Balaban J connectivity index is 1.52. The summed E-state index contributed by atoms with van der Waals surface area (Å²) in [7, 11) is 2.24. The molecule has 1 aromatic heterocycles. The van der Waals surface area contributed by atoms with E-state index in [-0.39, 0.29) is 6.04 Å². The van der Waals surface area contributed by atoms with Crippen molar-refractivity contribution in [2.24, 2.45) is 4.99 Å². The van der Waals surface area contributed by atoms with Crippen LogP contribution in [0.25, 0.3) is 0 Å². The Hall–Kier alpha value is -2.45. The van der Waals surface area contributed by atoms with E-state index in [1.165, 1.54) is 29.8 Å². The quantitative estimate of drug-likeness (QED) is 0.819. The fourth-order valence-corrected chi connectivity index (χ4v) is 4.70. The van der Waals surface area contributed by atoms with Crippen molar-refractivity contribution < 1.29 is 0 Å². The molecule has 0 bridgehead atoms. The smallest absolute Gasteiger partial charge is 0.128 e. The maximum Gasteiger partial charge on any atom is 0.128 e. The first-order valence-corrected chi connectivity index (χ1v) is 9.92. The Morgan fingerprint density at radius 3 is 3.04 bits per heavy atom. The molecular formula is C22H27N5. The number of nitrogens with zero attached hydrogens (tertiary/aromatic N) is 5. The predicted molar refractivity (Wildman–Crippen MR) is 107 cm³/mol. The van der Waals surface area contributed by atoms with Gasteiger partial charge in [-0.15, -0.1) is 0 Å². The Kier molecular flexibility index (Phi) is 5.09. The van der Waals surface area contributed by atoms with Gasteiger partial charge in [0, 0.05) is 37.3 Å². The SMILES string of the molecule is Cc1cccnc1[C@@H]1CCC[C@H](C2CN3C(CCC#N)=CC=CC3=N2)N1C. The molecule has 4 heterocycles. The molecule has 1 unspecified atom stereocenters. The van der Waals surface area contributed by atoms with Crippen molar-refractivity contribution in [1.82, 2.24) is 14.8 Å². The average Bonchev–Trinajstić information content (AvgIpc) is 3.12. The van der Waals surface area contributed by atoms with Gasteiger partial charge in [0.2, 0.25) is 0 Å². The summed E-state index contributed by atoms with van der Waals surface area (Å²) in [5.74, 6) is 1.06. The summed E-state index contributed by atoms with van der Waals surface area (Å²) in [5, 5.41) is 8.93. The molecule has 1 fully saturated rings. The van der Waals surface area contributed by atoms with Crippen LogP contribution in [0.1, 0.15) is 49.4 Å². The Morgan fingerprint density at radius 1 is 1.33 bits per heavy atom. The van der Waals surface area contributed by atoms with Crippen molar-refractivity contribution in [3.8, 4) is 6.07 Å². The molecule has 1 aromatic rings. The van der Waals surface area contributed by atoms with Crippen molar-refractivity contribution in [3.63, 3.8) is 0 Å². The Labute approximate surface area is 161 Å². The van der Waals surface area contributed by atoms with Crippen LogP contribution in [0.3, 0.4) is 0 Å². The molecule has 0 spiro atoms. The minimum atomic E-state index is 0.269. The lowest BCUT2D eigenvalue weighted by molar-refractivity contribution is 0.0933. The van der Waals surface area contributed by atoms with E-state index in [9.17, 15) is 0 Å². The molecule has 140 valence electrons. The minimum Gasteiger partial charge on any atom is -0.328 e. The number of likely N-dealkylation sites (tertiary alicyclic amines) is 1. The third kappa shape index (κ3) is 3.42. The van der Waals surface area contributed by atoms with Crippen LogP contribution in [0.2, 0.25) is 0 Å². The molecule has 3 atom stereocenters. The molecule has 0 aromatic carbocycles. The zero-order valence-corrected chi connectivity index (χ0v) is 16.2. The van der Waals surface area contributed by atoms with Gasteiger partial charge < -0.3 is 4.90 Å². The van der Waals surface area contributed by atoms with Gasteiger partial charge in [0.15, 0.2) is 0 Å². The summed E-state index contributed by atoms with van der Waals surface area (Å²) in [6.45, 7) is 3.08. The van der Waals surface area contributed by atoms with E-state index in [1.807, 2.05) is 12.3 Å². The van der Waals surface area contributed by atoms with E-state index in [1.54, 1.807) is 0 Å². The highest BCUT2D eigenvalue weighted by molar-refractivity contribution is 5.97. The maximum atomic E-state index is 8.93. The van der Waals surface area contributed by atoms with Crippen molar-refractivity contribution in [1.29, 1.82) is 5.26 Å². The summed E-state index contributed by atoms with van der Waals surface area (Å²) in [6, 6.07) is 7.50. The second-order valence-corrected chi connectivity index (χ2v) is 7.73. The van der Waals surface area contributed by atoms with E-state index in [4.69, 9.17) is 15.2 Å². The third-order valence-electron chi connectivity index (χ3n) is 6.12. The standard InChI is InChI=1S/C22H27N5/c1-16-7-6-14-24-22(16)20-11-4-10-19(26(20)2)18-15-27-17(9-5-13-23)8-3-12-21(27)25-18/h3,6-8,12,14,18-20H,4-5,9-11,15H2,1-2H3/t18?,19-,20+/m1/s1. The molecule has 5 nitrogen and oxygen atoms in total. The monoisotopic (exact) mass is 361 g/mol. The molecule has 0 N–H and O–H groups in total.